The molecule has 1 aromatic rings. The fourth-order valence-electron chi connectivity index (χ4n) is 4.63. The van der Waals surface area contributed by atoms with E-state index in [0.29, 0.717) is 24.8 Å². The van der Waals surface area contributed by atoms with Crippen LogP contribution in [-0.2, 0) is 0 Å². The predicted molar refractivity (Wildman–Crippen MR) is 94.2 cm³/mol. The average Bonchev–Trinajstić information content (AvgIpc) is 3.31. The van der Waals surface area contributed by atoms with Gasteiger partial charge in [0.05, 0.1) is 12.5 Å². The molecular formula is C20H25N3O2. The summed E-state index contributed by atoms with van der Waals surface area (Å²) in [6, 6.07) is 12.7. The zero-order valence-corrected chi connectivity index (χ0v) is 14.5. The van der Waals surface area contributed by atoms with Crippen molar-refractivity contribution in [1.82, 2.24) is 9.80 Å². The minimum atomic E-state index is -0.794. The summed E-state index contributed by atoms with van der Waals surface area (Å²) >= 11 is 0. The quantitative estimate of drug-likeness (QED) is 0.863. The predicted octanol–water partition coefficient (Wildman–Crippen LogP) is 3.29. The molecule has 1 amide bonds. The van der Waals surface area contributed by atoms with Crippen LogP contribution in [0.2, 0.25) is 0 Å². The molecule has 5 heteroatoms. The molecule has 25 heavy (non-hydrogen) atoms. The van der Waals surface area contributed by atoms with Crippen LogP contribution in [-0.4, -0.2) is 52.2 Å². The summed E-state index contributed by atoms with van der Waals surface area (Å²) in [5, 5.41) is 18.7. The molecule has 4 rings (SSSR count). The molecule has 1 aromatic carbocycles. The summed E-state index contributed by atoms with van der Waals surface area (Å²) in [6.45, 7) is 2.50. The van der Waals surface area contributed by atoms with Gasteiger partial charge in [0, 0.05) is 43.1 Å². The highest BCUT2D eigenvalue weighted by atomic mass is 16.4. The summed E-state index contributed by atoms with van der Waals surface area (Å²) in [6.07, 6.45) is 4.21. The molecular weight excluding hydrogens is 314 g/mol. The van der Waals surface area contributed by atoms with E-state index in [2.05, 4.69) is 23.1 Å². The van der Waals surface area contributed by atoms with Gasteiger partial charge in [-0.3, -0.25) is 4.90 Å². The number of rotatable bonds is 6. The summed E-state index contributed by atoms with van der Waals surface area (Å²) in [5.74, 6) is 0.759. The Hall–Kier alpha value is -2.06. The molecule has 2 aliphatic carbocycles. The van der Waals surface area contributed by atoms with Crippen molar-refractivity contribution < 1.29 is 9.90 Å². The molecule has 0 aromatic heterocycles. The standard InChI is InChI=1S/C20H25N3O2/c21-10-9-20(7-4-8-20)22-12-15(13-22)14-23(19(24)25)18-11-17(18)16-5-2-1-3-6-16/h1-3,5-6,15,17-18H,4,7-9,11-14H2,(H,24,25). The van der Waals surface area contributed by atoms with Crippen molar-refractivity contribution in [3.05, 3.63) is 35.9 Å². The Morgan fingerprint density at radius 2 is 2.04 bits per heavy atom. The molecule has 5 nitrogen and oxygen atoms in total. The van der Waals surface area contributed by atoms with Gasteiger partial charge in [-0.15, -0.1) is 0 Å². The van der Waals surface area contributed by atoms with Gasteiger partial charge in [0.15, 0.2) is 0 Å². The van der Waals surface area contributed by atoms with E-state index in [1.54, 1.807) is 4.90 Å². The van der Waals surface area contributed by atoms with Crippen LogP contribution in [0.15, 0.2) is 30.3 Å². The van der Waals surface area contributed by atoms with Crippen LogP contribution < -0.4 is 0 Å². The number of carbonyl (C=O) groups is 1. The fourth-order valence-corrected chi connectivity index (χ4v) is 4.63. The summed E-state index contributed by atoms with van der Waals surface area (Å²) in [7, 11) is 0. The van der Waals surface area contributed by atoms with Crippen molar-refractivity contribution in [3.63, 3.8) is 0 Å². The van der Waals surface area contributed by atoms with Crippen LogP contribution in [0.25, 0.3) is 0 Å². The van der Waals surface area contributed by atoms with E-state index in [-0.39, 0.29) is 11.6 Å². The Morgan fingerprint density at radius 1 is 1.32 bits per heavy atom. The SMILES string of the molecule is N#CCC1(N2CC(CN(C(=O)O)C3CC3c3ccccc3)C2)CCC1. The average molecular weight is 339 g/mol. The van der Waals surface area contributed by atoms with E-state index in [4.69, 9.17) is 5.26 Å². The second-order valence-electron chi connectivity index (χ2n) is 7.94. The lowest BCUT2D eigenvalue weighted by Gasteiger charge is -2.56. The largest absolute Gasteiger partial charge is 0.465 e. The van der Waals surface area contributed by atoms with E-state index < -0.39 is 6.09 Å². The van der Waals surface area contributed by atoms with Gasteiger partial charge in [0.25, 0.3) is 0 Å². The van der Waals surface area contributed by atoms with Gasteiger partial charge >= 0.3 is 6.09 Å². The Labute approximate surface area is 148 Å². The van der Waals surface area contributed by atoms with E-state index in [1.807, 2.05) is 18.2 Å². The van der Waals surface area contributed by atoms with Crippen LogP contribution in [0, 0.1) is 17.2 Å². The molecule has 3 fully saturated rings. The molecule has 1 N–H and O–H groups in total. The number of carboxylic acid groups (broad SMARTS) is 1. The van der Waals surface area contributed by atoms with Crippen molar-refractivity contribution in [2.75, 3.05) is 19.6 Å². The fraction of sp³-hybridized carbons (Fsp3) is 0.600. The Morgan fingerprint density at radius 3 is 2.60 bits per heavy atom. The minimum absolute atomic E-state index is 0.103. The third kappa shape index (κ3) is 3.00. The molecule has 2 saturated carbocycles. The van der Waals surface area contributed by atoms with Gasteiger partial charge in [-0.05, 0) is 31.2 Å². The molecule has 1 heterocycles. The van der Waals surface area contributed by atoms with E-state index in [0.717, 1.165) is 32.4 Å². The minimum Gasteiger partial charge on any atom is -0.465 e. The highest BCUT2D eigenvalue weighted by Crippen LogP contribution is 2.47. The Kier molecular flexibility index (Phi) is 4.16. The van der Waals surface area contributed by atoms with Gasteiger partial charge in [0.1, 0.15) is 0 Å². The van der Waals surface area contributed by atoms with Crippen LogP contribution in [0.5, 0.6) is 0 Å². The number of nitriles is 1. The van der Waals surface area contributed by atoms with Gasteiger partial charge < -0.3 is 10.0 Å². The van der Waals surface area contributed by atoms with Crippen LogP contribution in [0.1, 0.15) is 43.6 Å². The van der Waals surface area contributed by atoms with Crippen molar-refractivity contribution in [3.8, 4) is 6.07 Å². The summed E-state index contributed by atoms with van der Waals surface area (Å²) in [5.41, 5.74) is 1.35. The number of amides is 1. The Bertz CT molecular complexity index is 674. The summed E-state index contributed by atoms with van der Waals surface area (Å²) in [4.78, 5) is 15.8. The highest BCUT2D eigenvalue weighted by molar-refractivity contribution is 5.66. The van der Waals surface area contributed by atoms with Gasteiger partial charge in [0.2, 0.25) is 0 Å². The number of likely N-dealkylation sites (tertiary alicyclic amines) is 1. The number of benzene rings is 1. The van der Waals surface area contributed by atoms with E-state index in [1.165, 1.54) is 12.0 Å². The maximum Gasteiger partial charge on any atom is 0.407 e. The first-order valence-electron chi connectivity index (χ1n) is 9.29. The first-order chi connectivity index (χ1) is 12.1. The van der Waals surface area contributed by atoms with Gasteiger partial charge in [-0.25, -0.2) is 4.79 Å². The normalized spacial score (nSPS) is 27.6. The number of nitrogens with zero attached hydrogens (tertiary/aromatic N) is 3. The first kappa shape index (κ1) is 16.4. The smallest absolute Gasteiger partial charge is 0.407 e. The molecule has 2 unspecified atom stereocenters. The molecule has 1 saturated heterocycles. The molecule has 0 radical (unpaired) electrons. The van der Waals surface area contributed by atoms with Crippen molar-refractivity contribution in [2.45, 2.75) is 49.6 Å². The van der Waals surface area contributed by atoms with Crippen molar-refractivity contribution in [1.29, 1.82) is 5.26 Å². The highest BCUT2D eigenvalue weighted by Gasteiger charge is 2.50. The lowest BCUT2D eigenvalue weighted by atomic mass is 9.71. The van der Waals surface area contributed by atoms with Crippen LogP contribution in [0.3, 0.4) is 0 Å². The molecule has 1 aliphatic heterocycles. The lowest BCUT2D eigenvalue weighted by molar-refractivity contribution is -0.0658. The van der Waals surface area contributed by atoms with E-state index in [9.17, 15) is 9.90 Å². The molecule has 0 spiro atoms. The van der Waals surface area contributed by atoms with Crippen LogP contribution >= 0.6 is 0 Å². The molecule has 132 valence electrons. The van der Waals surface area contributed by atoms with Gasteiger partial charge in [-0.1, -0.05) is 30.3 Å². The summed E-state index contributed by atoms with van der Waals surface area (Å²) < 4.78 is 0. The zero-order valence-electron chi connectivity index (χ0n) is 14.5. The maximum absolute atomic E-state index is 11.8. The number of hydrogen-bond acceptors (Lipinski definition) is 3. The topological polar surface area (TPSA) is 67.6 Å². The molecule has 2 atom stereocenters. The van der Waals surface area contributed by atoms with E-state index >= 15 is 0 Å². The molecule has 0 bridgehead atoms. The third-order valence-electron chi connectivity index (χ3n) is 6.41. The number of hydrogen-bond donors (Lipinski definition) is 1. The second kappa shape index (κ2) is 6.34. The zero-order chi connectivity index (χ0) is 17.4. The second-order valence-corrected chi connectivity index (χ2v) is 7.94. The maximum atomic E-state index is 11.8. The first-order valence-corrected chi connectivity index (χ1v) is 9.29. The third-order valence-corrected chi connectivity index (χ3v) is 6.41. The van der Waals surface area contributed by atoms with Crippen molar-refractivity contribution in [2.24, 2.45) is 5.92 Å². The lowest BCUT2D eigenvalue weighted by Crippen LogP contribution is -2.64. The monoisotopic (exact) mass is 339 g/mol. The Balaban J connectivity index is 1.33. The van der Waals surface area contributed by atoms with Gasteiger partial charge in [-0.2, -0.15) is 5.26 Å². The molecule has 3 aliphatic rings. The van der Waals surface area contributed by atoms with Crippen LogP contribution in [0.4, 0.5) is 4.79 Å². The van der Waals surface area contributed by atoms with Crippen molar-refractivity contribution >= 4 is 6.09 Å².